The highest BCUT2D eigenvalue weighted by molar-refractivity contribution is 6.38. The summed E-state index contributed by atoms with van der Waals surface area (Å²) in [4.78, 5) is 26.3. The van der Waals surface area contributed by atoms with E-state index in [2.05, 4.69) is 10.3 Å². The molecular formula is C15H14ClFN2O3. The maximum atomic E-state index is 13.2. The Morgan fingerprint density at radius 1 is 1.45 bits per heavy atom. The van der Waals surface area contributed by atoms with Crippen molar-refractivity contribution in [3.63, 3.8) is 0 Å². The molecule has 1 fully saturated rings. The number of aliphatic carboxylic acids is 1. The first-order valence-electron chi connectivity index (χ1n) is 6.96. The van der Waals surface area contributed by atoms with Crippen molar-refractivity contribution >= 4 is 34.4 Å². The summed E-state index contributed by atoms with van der Waals surface area (Å²) in [6, 6.07) is 3.01. The van der Waals surface area contributed by atoms with E-state index in [1.54, 1.807) is 0 Å². The molecule has 0 bridgehead atoms. The van der Waals surface area contributed by atoms with Gasteiger partial charge < -0.3 is 15.4 Å². The fourth-order valence-electron chi connectivity index (χ4n) is 2.43. The molecule has 1 aromatic heterocycles. The number of nitrogens with one attached hydrogen (secondary N) is 2. The predicted octanol–water partition coefficient (Wildman–Crippen LogP) is 2.94. The van der Waals surface area contributed by atoms with E-state index in [1.165, 1.54) is 18.2 Å². The van der Waals surface area contributed by atoms with Crippen LogP contribution in [0.5, 0.6) is 0 Å². The number of benzene rings is 1. The number of amides is 1. The van der Waals surface area contributed by atoms with Gasteiger partial charge in [0.25, 0.3) is 5.91 Å². The minimum absolute atomic E-state index is 0.0457. The fourth-order valence-corrected chi connectivity index (χ4v) is 2.72. The molecule has 3 rings (SSSR count). The number of aromatic nitrogens is 1. The smallest absolute Gasteiger partial charge is 0.326 e. The summed E-state index contributed by atoms with van der Waals surface area (Å²) in [7, 11) is 0. The van der Waals surface area contributed by atoms with Gasteiger partial charge in [-0.3, -0.25) is 4.79 Å². The van der Waals surface area contributed by atoms with Crippen molar-refractivity contribution in [3.8, 4) is 0 Å². The number of fused-ring (bicyclic) bond motifs is 1. The van der Waals surface area contributed by atoms with Gasteiger partial charge >= 0.3 is 5.97 Å². The van der Waals surface area contributed by atoms with Crippen molar-refractivity contribution in [2.45, 2.75) is 25.3 Å². The van der Waals surface area contributed by atoms with Crippen LogP contribution in [0, 0.1) is 11.7 Å². The highest BCUT2D eigenvalue weighted by Crippen LogP contribution is 2.34. The molecule has 1 aliphatic carbocycles. The van der Waals surface area contributed by atoms with Crippen molar-refractivity contribution in [2.75, 3.05) is 0 Å². The average Bonchev–Trinajstić information content (AvgIpc) is 3.22. The van der Waals surface area contributed by atoms with E-state index in [1.807, 2.05) is 0 Å². The number of carbonyl (C=O) groups is 2. The second-order valence-corrected chi connectivity index (χ2v) is 5.93. The van der Waals surface area contributed by atoms with Gasteiger partial charge in [-0.05, 0) is 30.5 Å². The van der Waals surface area contributed by atoms with Crippen molar-refractivity contribution in [2.24, 2.45) is 5.92 Å². The zero-order chi connectivity index (χ0) is 15.9. The zero-order valence-corrected chi connectivity index (χ0v) is 12.3. The summed E-state index contributed by atoms with van der Waals surface area (Å²) < 4.78 is 13.2. The number of aromatic amines is 1. The molecule has 1 amide bonds. The second-order valence-electron chi connectivity index (χ2n) is 5.55. The third-order valence-corrected chi connectivity index (χ3v) is 4.19. The van der Waals surface area contributed by atoms with Gasteiger partial charge in [-0.15, -0.1) is 0 Å². The first kappa shape index (κ1) is 14.8. The molecule has 1 atom stereocenters. The molecular weight excluding hydrogens is 311 g/mol. The van der Waals surface area contributed by atoms with Crippen molar-refractivity contribution in [3.05, 3.63) is 34.7 Å². The second kappa shape index (κ2) is 5.61. The summed E-state index contributed by atoms with van der Waals surface area (Å²) in [6.45, 7) is 0. The average molecular weight is 325 g/mol. The molecule has 5 nitrogen and oxygen atoms in total. The van der Waals surface area contributed by atoms with Crippen LogP contribution in [0.2, 0.25) is 5.02 Å². The van der Waals surface area contributed by atoms with E-state index in [0.717, 1.165) is 12.8 Å². The first-order valence-corrected chi connectivity index (χ1v) is 7.34. The van der Waals surface area contributed by atoms with Crippen LogP contribution in [0.1, 0.15) is 29.8 Å². The summed E-state index contributed by atoms with van der Waals surface area (Å²) >= 11 is 6.10. The van der Waals surface area contributed by atoms with Crippen molar-refractivity contribution < 1.29 is 19.1 Å². The highest BCUT2D eigenvalue weighted by Gasteiger charge is 2.31. The highest BCUT2D eigenvalue weighted by atomic mass is 35.5. The Kier molecular flexibility index (Phi) is 3.78. The Morgan fingerprint density at radius 2 is 2.18 bits per heavy atom. The Bertz CT molecular complexity index is 755. The fraction of sp³-hybridized carbons (Fsp3) is 0.333. The molecule has 116 valence electrons. The summed E-state index contributed by atoms with van der Waals surface area (Å²) in [6.07, 6.45) is 2.39. The molecule has 0 radical (unpaired) electrons. The zero-order valence-electron chi connectivity index (χ0n) is 11.5. The van der Waals surface area contributed by atoms with Gasteiger partial charge in [-0.1, -0.05) is 24.4 Å². The number of halogens is 2. The summed E-state index contributed by atoms with van der Waals surface area (Å²) in [5.74, 6) is -1.78. The lowest BCUT2D eigenvalue weighted by molar-refractivity contribution is -0.139. The largest absolute Gasteiger partial charge is 0.480 e. The molecule has 1 aromatic carbocycles. The number of H-pyrrole nitrogens is 1. The number of carboxylic acid groups (broad SMARTS) is 1. The topological polar surface area (TPSA) is 82.2 Å². The van der Waals surface area contributed by atoms with Crippen molar-refractivity contribution in [1.82, 2.24) is 10.3 Å². The van der Waals surface area contributed by atoms with Crippen LogP contribution >= 0.6 is 11.6 Å². The van der Waals surface area contributed by atoms with Crippen LogP contribution < -0.4 is 5.32 Å². The maximum Gasteiger partial charge on any atom is 0.326 e. The van der Waals surface area contributed by atoms with E-state index in [-0.39, 0.29) is 10.7 Å². The molecule has 1 heterocycles. The van der Waals surface area contributed by atoms with E-state index in [9.17, 15) is 19.1 Å². The van der Waals surface area contributed by atoms with Gasteiger partial charge in [0.15, 0.2) is 0 Å². The molecule has 0 saturated heterocycles. The third kappa shape index (κ3) is 2.92. The molecule has 1 unspecified atom stereocenters. The molecule has 1 saturated carbocycles. The number of hydrogen-bond acceptors (Lipinski definition) is 2. The van der Waals surface area contributed by atoms with Crippen LogP contribution in [0.4, 0.5) is 4.39 Å². The van der Waals surface area contributed by atoms with Crippen molar-refractivity contribution in [1.29, 1.82) is 0 Å². The van der Waals surface area contributed by atoms with E-state index in [4.69, 9.17) is 11.6 Å². The van der Waals surface area contributed by atoms with Crippen LogP contribution in [-0.4, -0.2) is 28.0 Å². The molecule has 7 heteroatoms. The Labute approximate surface area is 130 Å². The SMILES string of the molecule is O=C(NC(CC1CC1)C(=O)O)c1[nH]c2ccc(F)cc2c1Cl. The lowest BCUT2D eigenvalue weighted by atomic mass is 10.1. The minimum Gasteiger partial charge on any atom is -0.480 e. The molecule has 3 N–H and O–H groups in total. The number of hydrogen-bond donors (Lipinski definition) is 3. The quantitative estimate of drug-likeness (QED) is 0.790. The van der Waals surface area contributed by atoms with E-state index >= 15 is 0 Å². The Morgan fingerprint density at radius 3 is 2.82 bits per heavy atom. The Balaban J connectivity index is 1.84. The summed E-state index contributed by atoms with van der Waals surface area (Å²) in [5, 5.41) is 12.1. The predicted molar refractivity (Wildman–Crippen MR) is 79.5 cm³/mol. The van der Waals surface area contributed by atoms with Gasteiger partial charge in [-0.2, -0.15) is 0 Å². The number of carbonyl (C=O) groups excluding carboxylic acids is 1. The minimum atomic E-state index is -1.07. The molecule has 22 heavy (non-hydrogen) atoms. The molecule has 0 aliphatic heterocycles. The maximum absolute atomic E-state index is 13.2. The van der Waals surface area contributed by atoms with Gasteiger partial charge in [-0.25, -0.2) is 9.18 Å². The Hall–Kier alpha value is -2.08. The summed E-state index contributed by atoms with van der Waals surface area (Å²) in [5.41, 5.74) is 0.565. The van der Waals surface area contributed by atoms with Crippen LogP contribution in [0.25, 0.3) is 10.9 Å². The van der Waals surface area contributed by atoms with Crippen LogP contribution in [0.15, 0.2) is 18.2 Å². The number of carboxylic acids is 1. The third-order valence-electron chi connectivity index (χ3n) is 3.79. The molecule has 2 aromatic rings. The lowest BCUT2D eigenvalue weighted by Crippen LogP contribution is -2.41. The molecule has 0 spiro atoms. The van der Waals surface area contributed by atoms with Crippen LogP contribution in [-0.2, 0) is 4.79 Å². The van der Waals surface area contributed by atoms with Gasteiger partial charge in [0, 0.05) is 10.9 Å². The van der Waals surface area contributed by atoms with Gasteiger partial charge in [0.2, 0.25) is 0 Å². The van der Waals surface area contributed by atoms with Gasteiger partial charge in [0.05, 0.1) is 5.02 Å². The normalized spacial score (nSPS) is 15.7. The monoisotopic (exact) mass is 324 g/mol. The van der Waals surface area contributed by atoms with Gasteiger partial charge in [0.1, 0.15) is 17.6 Å². The molecule has 1 aliphatic rings. The number of rotatable bonds is 5. The first-order chi connectivity index (χ1) is 10.5. The standard InChI is InChI=1S/C15H14ClFN2O3/c16-12-9-6-8(17)3-4-10(9)18-13(12)14(20)19-11(15(21)22)5-7-1-2-7/h3-4,6-7,11,18H,1-2,5H2,(H,19,20)(H,21,22). The van der Waals surface area contributed by atoms with E-state index < -0.39 is 23.7 Å². The lowest BCUT2D eigenvalue weighted by Gasteiger charge is -2.13. The van der Waals surface area contributed by atoms with Crippen LogP contribution in [0.3, 0.4) is 0 Å². The van der Waals surface area contributed by atoms with E-state index in [0.29, 0.717) is 23.2 Å².